The first-order valence-electron chi connectivity index (χ1n) is 6.94. The van der Waals surface area contributed by atoms with E-state index in [1.54, 1.807) is 0 Å². The lowest BCUT2D eigenvalue weighted by molar-refractivity contribution is -0.148. The van der Waals surface area contributed by atoms with Gasteiger partial charge in [-0.3, -0.25) is 4.79 Å². The van der Waals surface area contributed by atoms with E-state index in [0.717, 1.165) is 18.5 Å². The second-order valence-electron chi connectivity index (χ2n) is 6.42. The Kier molecular flexibility index (Phi) is 4.13. The molecule has 0 aromatic heterocycles. The highest BCUT2D eigenvalue weighted by molar-refractivity contribution is 5.75. The van der Waals surface area contributed by atoms with Crippen LogP contribution in [0.3, 0.4) is 0 Å². The van der Waals surface area contributed by atoms with Gasteiger partial charge in [0.05, 0.1) is 12.5 Å². The van der Waals surface area contributed by atoms with Crippen molar-refractivity contribution in [2.24, 2.45) is 11.3 Å². The van der Waals surface area contributed by atoms with Gasteiger partial charge in [-0.05, 0) is 29.9 Å². The molecule has 3 nitrogen and oxygen atoms in total. The van der Waals surface area contributed by atoms with Gasteiger partial charge in [-0.1, -0.05) is 39.0 Å². The number of rotatable bonds is 3. The first-order chi connectivity index (χ1) is 8.96. The molecule has 19 heavy (non-hydrogen) atoms. The third-order valence-electron chi connectivity index (χ3n) is 3.45. The highest BCUT2D eigenvalue weighted by atomic mass is 16.5. The van der Waals surface area contributed by atoms with E-state index in [1.165, 1.54) is 5.56 Å². The Labute approximate surface area is 115 Å². The second kappa shape index (κ2) is 5.64. The summed E-state index contributed by atoms with van der Waals surface area (Å²) >= 11 is 0. The largest absolute Gasteiger partial charge is 0.465 e. The normalized spacial score (nSPS) is 18.4. The van der Waals surface area contributed by atoms with Gasteiger partial charge in [0, 0.05) is 12.2 Å². The van der Waals surface area contributed by atoms with Crippen LogP contribution in [0.15, 0.2) is 24.3 Å². The maximum absolute atomic E-state index is 12.0. The Morgan fingerprint density at radius 3 is 2.84 bits per heavy atom. The van der Waals surface area contributed by atoms with Gasteiger partial charge >= 0.3 is 5.97 Å². The molecule has 3 heteroatoms. The number of hydrogen-bond acceptors (Lipinski definition) is 3. The predicted octanol–water partition coefficient (Wildman–Crippen LogP) is 3.25. The van der Waals surface area contributed by atoms with E-state index in [0.29, 0.717) is 13.2 Å². The molecule has 0 aliphatic carbocycles. The van der Waals surface area contributed by atoms with Gasteiger partial charge in [-0.25, -0.2) is 0 Å². The van der Waals surface area contributed by atoms with Gasteiger partial charge in [-0.2, -0.15) is 0 Å². The summed E-state index contributed by atoms with van der Waals surface area (Å²) in [5, 5.41) is 3.30. The molecule has 1 N–H and O–H groups in total. The van der Waals surface area contributed by atoms with E-state index in [2.05, 4.69) is 38.2 Å². The van der Waals surface area contributed by atoms with Crippen molar-refractivity contribution in [2.45, 2.75) is 33.6 Å². The zero-order valence-corrected chi connectivity index (χ0v) is 12.0. The van der Waals surface area contributed by atoms with Crippen molar-refractivity contribution in [1.29, 1.82) is 0 Å². The van der Waals surface area contributed by atoms with Crippen LogP contribution in [0.2, 0.25) is 0 Å². The average molecular weight is 261 g/mol. The molecular formula is C16H23NO2. The zero-order chi connectivity index (χ0) is 13.9. The van der Waals surface area contributed by atoms with E-state index in [1.807, 2.05) is 12.1 Å². The van der Waals surface area contributed by atoms with Crippen LogP contribution in [-0.2, 0) is 16.0 Å². The lowest BCUT2D eigenvalue weighted by Gasteiger charge is -2.25. The van der Waals surface area contributed by atoms with E-state index in [4.69, 9.17) is 4.74 Å². The number of esters is 1. The summed E-state index contributed by atoms with van der Waals surface area (Å²) in [6.07, 6.45) is 1.67. The summed E-state index contributed by atoms with van der Waals surface area (Å²) in [6, 6.07) is 8.13. The number of carbonyl (C=O) groups is 1. The minimum Gasteiger partial charge on any atom is -0.465 e. The van der Waals surface area contributed by atoms with Crippen molar-refractivity contribution in [3.8, 4) is 0 Å². The first kappa shape index (κ1) is 13.9. The van der Waals surface area contributed by atoms with E-state index in [-0.39, 0.29) is 17.3 Å². The number of ether oxygens (including phenoxy) is 1. The summed E-state index contributed by atoms with van der Waals surface area (Å²) in [5.74, 6) is -0.138. The molecule has 1 aromatic carbocycles. The van der Waals surface area contributed by atoms with Gasteiger partial charge in [-0.15, -0.1) is 0 Å². The molecule has 0 amide bonds. The summed E-state index contributed by atoms with van der Waals surface area (Å²) in [4.78, 5) is 12.0. The van der Waals surface area contributed by atoms with Crippen LogP contribution in [0.25, 0.3) is 0 Å². The average Bonchev–Trinajstić information content (AvgIpc) is 2.36. The van der Waals surface area contributed by atoms with E-state index >= 15 is 0 Å². The molecule has 0 bridgehead atoms. The molecule has 0 saturated carbocycles. The molecule has 1 heterocycles. The summed E-state index contributed by atoms with van der Waals surface area (Å²) < 4.78 is 5.39. The molecule has 104 valence electrons. The number of anilines is 1. The number of para-hydroxylation sites is 1. The molecule has 2 rings (SSSR count). The van der Waals surface area contributed by atoms with Crippen molar-refractivity contribution >= 4 is 11.7 Å². The third kappa shape index (κ3) is 3.98. The quantitative estimate of drug-likeness (QED) is 0.849. The molecule has 1 atom stereocenters. The minimum atomic E-state index is -0.0775. The first-order valence-corrected chi connectivity index (χ1v) is 6.94. The summed E-state index contributed by atoms with van der Waals surface area (Å²) in [5.41, 5.74) is 2.55. The highest BCUT2D eigenvalue weighted by Crippen LogP contribution is 2.25. The fourth-order valence-electron chi connectivity index (χ4n) is 2.18. The molecule has 0 fully saturated rings. The minimum absolute atomic E-state index is 0.0603. The van der Waals surface area contributed by atoms with Crippen LogP contribution in [0, 0.1) is 11.3 Å². The smallest absolute Gasteiger partial charge is 0.311 e. The fraction of sp³-hybridized carbons (Fsp3) is 0.562. The topological polar surface area (TPSA) is 38.3 Å². The van der Waals surface area contributed by atoms with Gasteiger partial charge in [0.25, 0.3) is 0 Å². The Balaban J connectivity index is 1.85. The van der Waals surface area contributed by atoms with Crippen LogP contribution in [-0.4, -0.2) is 19.1 Å². The van der Waals surface area contributed by atoms with Gasteiger partial charge < -0.3 is 10.1 Å². The molecule has 0 radical (unpaired) electrons. The third-order valence-corrected chi connectivity index (χ3v) is 3.45. The summed E-state index contributed by atoms with van der Waals surface area (Å²) in [6.45, 7) is 7.64. The van der Waals surface area contributed by atoms with E-state index < -0.39 is 0 Å². The van der Waals surface area contributed by atoms with Gasteiger partial charge in [0.1, 0.15) is 0 Å². The maximum Gasteiger partial charge on any atom is 0.311 e. The Morgan fingerprint density at radius 2 is 2.11 bits per heavy atom. The lowest BCUT2D eigenvalue weighted by Crippen LogP contribution is -2.31. The number of benzene rings is 1. The molecular weight excluding hydrogens is 238 g/mol. The van der Waals surface area contributed by atoms with Crippen LogP contribution in [0.4, 0.5) is 5.69 Å². The van der Waals surface area contributed by atoms with E-state index in [9.17, 15) is 4.79 Å². The molecule has 0 saturated heterocycles. The van der Waals surface area contributed by atoms with Crippen LogP contribution >= 0.6 is 0 Å². The molecule has 1 unspecified atom stereocenters. The Bertz CT molecular complexity index is 448. The molecule has 1 aromatic rings. The number of hydrogen-bond donors (Lipinski definition) is 1. The van der Waals surface area contributed by atoms with Crippen molar-refractivity contribution in [2.75, 3.05) is 18.5 Å². The zero-order valence-electron chi connectivity index (χ0n) is 12.0. The maximum atomic E-state index is 12.0. The van der Waals surface area contributed by atoms with Crippen molar-refractivity contribution in [1.82, 2.24) is 0 Å². The number of fused-ring (bicyclic) bond motifs is 1. The number of carbonyl (C=O) groups excluding carboxylic acids is 1. The second-order valence-corrected chi connectivity index (χ2v) is 6.42. The van der Waals surface area contributed by atoms with Crippen molar-refractivity contribution in [3.05, 3.63) is 29.8 Å². The SMILES string of the molecule is CC(C)(C)CCOC(=O)C1CNc2ccccc2C1. The van der Waals surface area contributed by atoms with Gasteiger partial charge in [0.2, 0.25) is 0 Å². The van der Waals surface area contributed by atoms with Crippen LogP contribution in [0.1, 0.15) is 32.8 Å². The monoisotopic (exact) mass is 261 g/mol. The molecule has 1 aliphatic heterocycles. The molecule has 1 aliphatic rings. The van der Waals surface area contributed by atoms with Crippen molar-refractivity contribution < 1.29 is 9.53 Å². The number of nitrogens with one attached hydrogen (secondary N) is 1. The van der Waals surface area contributed by atoms with Gasteiger partial charge in [0.15, 0.2) is 0 Å². The van der Waals surface area contributed by atoms with Crippen LogP contribution in [0.5, 0.6) is 0 Å². The summed E-state index contributed by atoms with van der Waals surface area (Å²) in [7, 11) is 0. The lowest BCUT2D eigenvalue weighted by atomic mass is 9.92. The fourth-order valence-corrected chi connectivity index (χ4v) is 2.18. The van der Waals surface area contributed by atoms with Crippen molar-refractivity contribution in [3.63, 3.8) is 0 Å². The standard InChI is InChI=1S/C16H23NO2/c1-16(2,3)8-9-19-15(18)13-10-12-6-4-5-7-14(12)17-11-13/h4-7,13,17H,8-11H2,1-3H3. The highest BCUT2D eigenvalue weighted by Gasteiger charge is 2.25. The Hall–Kier alpha value is -1.51. The molecule has 0 spiro atoms. The van der Waals surface area contributed by atoms with Crippen LogP contribution < -0.4 is 5.32 Å². The predicted molar refractivity (Wildman–Crippen MR) is 77.2 cm³/mol. The Morgan fingerprint density at radius 1 is 1.37 bits per heavy atom.